The summed E-state index contributed by atoms with van der Waals surface area (Å²) in [5.41, 5.74) is 1.27. The lowest BCUT2D eigenvalue weighted by Gasteiger charge is -2.27. The Hall–Kier alpha value is -0.870. The number of ether oxygens (including phenoxy) is 1. The van der Waals surface area contributed by atoms with E-state index in [0.29, 0.717) is 6.04 Å². The number of nitrogens with one attached hydrogen (secondary N) is 1. The van der Waals surface area contributed by atoms with Gasteiger partial charge in [-0.05, 0) is 38.3 Å². The first kappa shape index (κ1) is 15.2. The van der Waals surface area contributed by atoms with Gasteiger partial charge < -0.3 is 10.1 Å². The fourth-order valence-corrected chi connectivity index (χ4v) is 2.23. The van der Waals surface area contributed by atoms with Gasteiger partial charge in [-0.2, -0.15) is 5.10 Å². The minimum absolute atomic E-state index is 0.279. The molecular weight excluding hydrogens is 226 g/mol. The molecule has 0 spiro atoms. The van der Waals surface area contributed by atoms with Crippen LogP contribution in [-0.4, -0.2) is 35.1 Å². The summed E-state index contributed by atoms with van der Waals surface area (Å²) in [6.45, 7) is 8.24. The first-order valence-electron chi connectivity index (χ1n) is 7.03. The first-order chi connectivity index (χ1) is 8.71. The summed E-state index contributed by atoms with van der Waals surface area (Å²) in [6.07, 6.45) is 7.47. The first-order valence-corrected chi connectivity index (χ1v) is 7.03. The maximum absolute atomic E-state index is 5.84. The van der Waals surface area contributed by atoms with E-state index in [9.17, 15) is 0 Å². The van der Waals surface area contributed by atoms with Crippen molar-refractivity contribution in [3.63, 3.8) is 0 Å². The molecule has 104 valence electrons. The van der Waals surface area contributed by atoms with E-state index in [1.165, 1.54) is 5.56 Å². The predicted molar refractivity (Wildman–Crippen MR) is 74.7 cm³/mol. The van der Waals surface area contributed by atoms with Crippen molar-refractivity contribution in [2.75, 3.05) is 13.2 Å². The Balaban J connectivity index is 2.63. The maximum Gasteiger partial charge on any atom is 0.0728 e. The van der Waals surface area contributed by atoms with Crippen LogP contribution >= 0.6 is 0 Å². The maximum atomic E-state index is 5.84. The highest BCUT2D eigenvalue weighted by molar-refractivity contribution is 5.07. The van der Waals surface area contributed by atoms with Crippen molar-refractivity contribution >= 4 is 0 Å². The molecule has 0 aliphatic rings. The van der Waals surface area contributed by atoms with E-state index >= 15 is 0 Å². The molecule has 0 aliphatic heterocycles. The van der Waals surface area contributed by atoms with Crippen LogP contribution in [0, 0.1) is 0 Å². The average Bonchev–Trinajstić information content (AvgIpc) is 2.77. The summed E-state index contributed by atoms with van der Waals surface area (Å²) in [5.74, 6) is 0. The van der Waals surface area contributed by atoms with Gasteiger partial charge in [0.1, 0.15) is 0 Å². The fourth-order valence-electron chi connectivity index (χ4n) is 2.23. The van der Waals surface area contributed by atoms with Crippen LogP contribution in [-0.2, 0) is 18.2 Å². The van der Waals surface area contributed by atoms with Crippen LogP contribution in [0.5, 0.6) is 0 Å². The molecule has 0 fully saturated rings. The Kier molecular flexibility index (Phi) is 6.98. The third kappa shape index (κ3) is 4.78. The highest BCUT2D eigenvalue weighted by Gasteiger charge is 2.20. The van der Waals surface area contributed by atoms with Crippen molar-refractivity contribution in [2.24, 2.45) is 7.05 Å². The zero-order valence-electron chi connectivity index (χ0n) is 12.1. The van der Waals surface area contributed by atoms with Crippen molar-refractivity contribution < 1.29 is 4.74 Å². The molecule has 4 nitrogen and oxygen atoms in total. The standard InChI is InChI=1S/C14H27N3O/c1-5-8-15-13(14(6-2)18-7-3)9-12-10-16-17(4)11-12/h10-11,13-15H,5-9H2,1-4H3. The minimum atomic E-state index is 0.279. The number of hydrogen-bond donors (Lipinski definition) is 1. The third-order valence-electron chi connectivity index (χ3n) is 3.10. The van der Waals surface area contributed by atoms with Gasteiger partial charge in [-0.25, -0.2) is 0 Å². The lowest BCUT2D eigenvalue weighted by molar-refractivity contribution is 0.0319. The molecule has 0 saturated heterocycles. The molecule has 1 N–H and O–H groups in total. The third-order valence-corrected chi connectivity index (χ3v) is 3.10. The largest absolute Gasteiger partial charge is 0.377 e. The molecule has 18 heavy (non-hydrogen) atoms. The molecule has 0 saturated carbocycles. The van der Waals surface area contributed by atoms with Gasteiger partial charge in [0.15, 0.2) is 0 Å². The Labute approximate surface area is 111 Å². The number of rotatable bonds is 9. The van der Waals surface area contributed by atoms with E-state index in [4.69, 9.17) is 4.74 Å². The monoisotopic (exact) mass is 253 g/mol. The van der Waals surface area contributed by atoms with Crippen molar-refractivity contribution in [2.45, 2.75) is 52.2 Å². The molecule has 4 heteroatoms. The van der Waals surface area contributed by atoms with E-state index < -0.39 is 0 Å². The van der Waals surface area contributed by atoms with Crippen LogP contribution in [0.4, 0.5) is 0 Å². The van der Waals surface area contributed by atoms with E-state index in [-0.39, 0.29) is 6.10 Å². The highest BCUT2D eigenvalue weighted by Crippen LogP contribution is 2.11. The Morgan fingerprint density at radius 1 is 1.39 bits per heavy atom. The molecule has 0 bridgehead atoms. The van der Waals surface area contributed by atoms with Gasteiger partial charge in [0.25, 0.3) is 0 Å². The van der Waals surface area contributed by atoms with Gasteiger partial charge in [0.05, 0.1) is 12.3 Å². The second-order valence-electron chi connectivity index (χ2n) is 4.69. The lowest BCUT2D eigenvalue weighted by Crippen LogP contribution is -2.43. The summed E-state index contributed by atoms with van der Waals surface area (Å²) in [6, 6.07) is 0.374. The molecule has 1 rings (SSSR count). The van der Waals surface area contributed by atoms with Crippen molar-refractivity contribution in [3.8, 4) is 0 Å². The van der Waals surface area contributed by atoms with Gasteiger partial charge in [-0.15, -0.1) is 0 Å². The van der Waals surface area contributed by atoms with Gasteiger partial charge in [-0.3, -0.25) is 4.68 Å². The van der Waals surface area contributed by atoms with Crippen molar-refractivity contribution in [1.82, 2.24) is 15.1 Å². The fraction of sp³-hybridized carbons (Fsp3) is 0.786. The Morgan fingerprint density at radius 3 is 2.67 bits per heavy atom. The summed E-state index contributed by atoms with van der Waals surface area (Å²) in [4.78, 5) is 0. The van der Waals surface area contributed by atoms with Gasteiger partial charge >= 0.3 is 0 Å². The van der Waals surface area contributed by atoms with Crippen LogP contribution in [0.3, 0.4) is 0 Å². The Bertz CT molecular complexity index is 325. The lowest BCUT2D eigenvalue weighted by atomic mass is 10.0. The molecule has 0 aromatic carbocycles. The topological polar surface area (TPSA) is 39.1 Å². The smallest absolute Gasteiger partial charge is 0.0728 e. The van der Waals surface area contributed by atoms with Crippen LogP contribution < -0.4 is 5.32 Å². The van der Waals surface area contributed by atoms with Gasteiger partial charge in [0, 0.05) is 25.9 Å². The highest BCUT2D eigenvalue weighted by atomic mass is 16.5. The second-order valence-corrected chi connectivity index (χ2v) is 4.69. The van der Waals surface area contributed by atoms with Crippen LogP contribution in [0.15, 0.2) is 12.4 Å². The molecular formula is C14H27N3O. The van der Waals surface area contributed by atoms with Crippen LogP contribution in [0.2, 0.25) is 0 Å². The van der Waals surface area contributed by atoms with Crippen molar-refractivity contribution in [3.05, 3.63) is 18.0 Å². The van der Waals surface area contributed by atoms with Crippen LogP contribution in [0.25, 0.3) is 0 Å². The number of nitrogens with zero attached hydrogens (tertiary/aromatic N) is 2. The number of aromatic nitrogens is 2. The van der Waals surface area contributed by atoms with E-state index in [0.717, 1.165) is 32.4 Å². The summed E-state index contributed by atoms with van der Waals surface area (Å²) < 4.78 is 7.69. The molecule has 0 amide bonds. The zero-order chi connectivity index (χ0) is 13.4. The van der Waals surface area contributed by atoms with E-state index in [2.05, 4.69) is 37.4 Å². The van der Waals surface area contributed by atoms with E-state index in [1.807, 2.05) is 17.9 Å². The zero-order valence-corrected chi connectivity index (χ0v) is 12.1. The summed E-state index contributed by atoms with van der Waals surface area (Å²) >= 11 is 0. The second kappa shape index (κ2) is 8.27. The Morgan fingerprint density at radius 2 is 2.17 bits per heavy atom. The van der Waals surface area contributed by atoms with Gasteiger partial charge in [0.2, 0.25) is 0 Å². The average molecular weight is 253 g/mol. The van der Waals surface area contributed by atoms with Gasteiger partial charge in [-0.1, -0.05) is 13.8 Å². The molecule has 1 heterocycles. The SMILES string of the molecule is CCCNC(Cc1cnn(C)c1)C(CC)OCC. The molecule has 2 unspecified atom stereocenters. The summed E-state index contributed by atoms with van der Waals surface area (Å²) in [5, 5.41) is 7.83. The minimum Gasteiger partial charge on any atom is -0.377 e. The van der Waals surface area contributed by atoms with E-state index in [1.54, 1.807) is 0 Å². The van der Waals surface area contributed by atoms with Crippen LogP contribution in [0.1, 0.15) is 39.2 Å². The quantitative estimate of drug-likeness (QED) is 0.733. The molecule has 1 aromatic heterocycles. The number of hydrogen-bond acceptors (Lipinski definition) is 3. The molecule has 2 atom stereocenters. The molecule has 1 aromatic rings. The molecule has 0 aliphatic carbocycles. The predicted octanol–water partition coefficient (Wildman–Crippen LogP) is 2.15. The number of aryl methyl sites for hydroxylation is 1. The normalized spacial score (nSPS) is 14.7. The summed E-state index contributed by atoms with van der Waals surface area (Å²) in [7, 11) is 1.96. The van der Waals surface area contributed by atoms with Crippen molar-refractivity contribution in [1.29, 1.82) is 0 Å². The molecule has 0 radical (unpaired) electrons.